The van der Waals surface area contributed by atoms with Gasteiger partial charge in [-0.25, -0.2) is 15.0 Å². The number of fused-ring (bicyclic) bond motifs is 1. The first kappa shape index (κ1) is 10.7. The van der Waals surface area contributed by atoms with Gasteiger partial charge in [-0.1, -0.05) is 23.2 Å². The van der Waals surface area contributed by atoms with Gasteiger partial charge in [0, 0.05) is 5.56 Å². The molecule has 0 bridgehead atoms. The molecule has 4 nitrogen and oxygen atoms in total. The summed E-state index contributed by atoms with van der Waals surface area (Å²) in [5, 5.41) is 10.5. The number of pyridine rings is 1. The molecule has 0 radical (unpaired) electrons. The molecule has 0 saturated heterocycles. The lowest BCUT2D eigenvalue weighted by molar-refractivity contribution is 0.901. The molecule has 1 aliphatic rings. The summed E-state index contributed by atoms with van der Waals surface area (Å²) in [4.78, 5) is 12.1. The fourth-order valence-corrected chi connectivity index (χ4v) is 2.34. The van der Waals surface area contributed by atoms with Crippen molar-refractivity contribution in [2.75, 3.05) is 0 Å². The van der Waals surface area contributed by atoms with Crippen molar-refractivity contribution in [3.05, 3.63) is 28.3 Å². The molecule has 3 rings (SSSR count). The first-order valence-corrected chi connectivity index (χ1v) is 5.80. The van der Waals surface area contributed by atoms with Crippen LogP contribution < -0.4 is 0 Å². The van der Waals surface area contributed by atoms with Gasteiger partial charge in [0.2, 0.25) is 0 Å². The first-order valence-electron chi connectivity index (χ1n) is 5.05. The van der Waals surface area contributed by atoms with Crippen LogP contribution in [-0.2, 0) is 5.41 Å². The molecular weight excluding hydrogens is 259 g/mol. The minimum atomic E-state index is -0.489. The third kappa shape index (κ3) is 1.54. The van der Waals surface area contributed by atoms with Crippen molar-refractivity contribution >= 4 is 34.2 Å². The van der Waals surface area contributed by atoms with E-state index in [9.17, 15) is 5.26 Å². The van der Waals surface area contributed by atoms with E-state index in [2.05, 4.69) is 21.0 Å². The molecule has 2 aromatic rings. The van der Waals surface area contributed by atoms with Crippen LogP contribution in [0.1, 0.15) is 18.4 Å². The maximum absolute atomic E-state index is 9.18. The zero-order chi connectivity index (χ0) is 12.0. The Morgan fingerprint density at radius 1 is 1.24 bits per heavy atom. The van der Waals surface area contributed by atoms with Gasteiger partial charge in [0.05, 0.1) is 16.9 Å². The molecular formula is C11H6Cl2N4. The molecule has 1 aliphatic carbocycles. The van der Waals surface area contributed by atoms with Crippen LogP contribution >= 0.6 is 23.2 Å². The van der Waals surface area contributed by atoms with Crippen LogP contribution in [0, 0.1) is 11.3 Å². The molecule has 1 saturated carbocycles. The number of hydrogen-bond acceptors (Lipinski definition) is 4. The monoisotopic (exact) mass is 264 g/mol. The molecule has 0 atom stereocenters. The van der Waals surface area contributed by atoms with Gasteiger partial charge in [-0.2, -0.15) is 5.26 Å². The number of halogens is 2. The third-order valence-corrected chi connectivity index (χ3v) is 3.60. The van der Waals surface area contributed by atoms with Crippen LogP contribution in [0.3, 0.4) is 0 Å². The van der Waals surface area contributed by atoms with Gasteiger partial charge in [-0.15, -0.1) is 0 Å². The molecule has 17 heavy (non-hydrogen) atoms. The van der Waals surface area contributed by atoms with Crippen LogP contribution in [0.5, 0.6) is 0 Å². The van der Waals surface area contributed by atoms with Gasteiger partial charge >= 0.3 is 0 Å². The second kappa shape index (κ2) is 3.52. The summed E-state index contributed by atoms with van der Waals surface area (Å²) in [5.74, 6) is 0. The van der Waals surface area contributed by atoms with E-state index in [1.54, 1.807) is 6.07 Å². The van der Waals surface area contributed by atoms with Crippen LogP contribution in [0.2, 0.25) is 10.3 Å². The van der Waals surface area contributed by atoms with Gasteiger partial charge < -0.3 is 0 Å². The second-order valence-corrected chi connectivity index (χ2v) is 4.77. The standard InChI is InChI=1S/C11H6Cl2N4/c12-8-6-3-7(11(4-14)1-2-11)9(13)17-10(6)16-5-15-8/h3,5H,1-2H2. The maximum Gasteiger partial charge on any atom is 0.165 e. The average Bonchev–Trinajstić information content (AvgIpc) is 3.09. The molecule has 2 aromatic heterocycles. The summed E-state index contributed by atoms with van der Waals surface area (Å²) in [7, 11) is 0. The lowest BCUT2D eigenvalue weighted by atomic mass is 9.99. The topological polar surface area (TPSA) is 62.5 Å². The Morgan fingerprint density at radius 3 is 2.65 bits per heavy atom. The summed E-state index contributed by atoms with van der Waals surface area (Å²) in [6, 6.07) is 4.07. The van der Waals surface area contributed by atoms with Gasteiger partial charge in [0.25, 0.3) is 0 Å². The molecule has 0 amide bonds. The Bertz CT molecular complexity index is 658. The summed E-state index contributed by atoms with van der Waals surface area (Å²) in [6.07, 6.45) is 2.95. The zero-order valence-electron chi connectivity index (χ0n) is 8.61. The maximum atomic E-state index is 9.18. The number of rotatable bonds is 1. The highest BCUT2D eigenvalue weighted by molar-refractivity contribution is 6.34. The number of aromatic nitrogens is 3. The smallest absolute Gasteiger partial charge is 0.165 e. The lowest BCUT2D eigenvalue weighted by Gasteiger charge is -2.09. The fraction of sp³-hybridized carbons (Fsp3) is 0.273. The van der Waals surface area contributed by atoms with Crippen molar-refractivity contribution in [1.82, 2.24) is 15.0 Å². The van der Waals surface area contributed by atoms with E-state index >= 15 is 0 Å². The van der Waals surface area contributed by atoms with E-state index in [0.29, 0.717) is 21.3 Å². The summed E-state index contributed by atoms with van der Waals surface area (Å²) in [6.45, 7) is 0. The highest BCUT2D eigenvalue weighted by Crippen LogP contribution is 2.50. The molecule has 84 valence electrons. The van der Waals surface area contributed by atoms with E-state index in [-0.39, 0.29) is 0 Å². The average molecular weight is 265 g/mol. The largest absolute Gasteiger partial charge is 0.224 e. The SMILES string of the molecule is N#CC1(c2cc3c(Cl)ncnc3nc2Cl)CC1. The molecule has 0 spiro atoms. The lowest BCUT2D eigenvalue weighted by Crippen LogP contribution is -2.05. The third-order valence-electron chi connectivity index (χ3n) is 3.01. The molecule has 0 N–H and O–H groups in total. The minimum absolute atomic E-state index is 0.325. The van der Waals surface area contributed by atoms with Crippen LogP contribution in [0.25, 0.3) is 11.0 Å². The molecule has 0 unspecified atom stereocenters. The van der Waals surface area contributed by atoms with Gasteiger partial charge in [0.1, 0.15) is 16.6 Å². The van der Waals surface area contributed by atoms with Gasteiger partial charge in [0.15, 0.2) is 5.65 Å². The summed E-state index contributed by atoms with van der Waals surface area (Å²) >= 11 is 12.1. The molecule has 6 heteroatoms. The molecule has 1 fully saturated rings. The van der Waals surface area contributed by atoms with Gasteiger partial charge in [-0.3, -0.25) is 0 Å². The predicted octanol–water partition coefficient (Wildman–Crippen LogP) is 2.89. The molecule has 0 aromatic carbocycles. The first-order chi connectivity index (χ1) is 8.16. The normalized spacial score (nSPS) is 16.8. The Balaban J connectivity index is 2.31. The second-order valence-electron chi connectivity index (χ2n) is 4.06. The van der Waals surface area contributed by atoms with E-state index in [1.807, 2.05) is 0 Å². The Morgan fingerprint density at radius 2 is 2.00 bits per heavy atom. The number of nitrogens with zero attached hydrogens (tertiary/aromatic N) is 4. The van der Waals surface area contributed by atoms with Crippen LogP contribution in [-0.4, -0.2) is 15.0 Å². The van der Waals surface area contributed by atoms with E-state index in [1.165, 1.54) is 6.33 Å². The summed E-state index contributed by atoms with van der Waals surface area (Å²) in [5.41, 5.74) is 0.690. The van der Waals surface area contributed by atoms with Crippen LogP contribution in [0.15, 0.2) is 12.4 Å². The van der Waals surface area contributed by atoms with E-state index < -0.39 is 5.41 Å². The van der Waals surface area contributed by atoms with Crippen molar-refractivity contribution in [3.8, 4) is 6.07 Å². The molecule has 0 aliphatic heterocycles. The number of hydrogen-bond donors (Lipinski definition) is 0. The van der Waals surface area contributed by atoms with E-state index in [0.717, 1.165) is 18.4 Å². The Hall–Kier alpha value is -1.44. The van der Waals surface area contributed by atoms with Crippen molar-refractivity contribution in [3.63, 3.8) is 0 Å². The van der Waals surface area contributed by atoms with Crippen LogP contribution in [0.4, 0.5) is 0 Å². The van der Waals surface area contributed by atoms with Gasteiger partial charge in [-0.05, 0) is 18.9 Å². The van der Waals surface area contributed by atoms with Crippen molar-refractivity contribution in [2.24, 2.45) is 0 Å². The Labute approximate surface area is 107 Å². The fourth-order valence-electron chi connectivity index (χ4n) is 1.84. The highest BCUT2D eigenvalue weighted by atomic mass is 35.5. The molecule has 2 heterocycles. The minimum Gasteiger partial charge on any atom is -0.224 e. The highest BCUT2D eigenvalue weighted by Gasteiger charge is 2.47. The summed E-state index contributed by atoms with van der Waals surface area (Å²) < 4.78 is 0. The number of nitriles is 1. The Kier molecular flexibility index (Phi) is 2.22. The van der Waals surface area contributed by atoms with E-state index in [4.69, 9.17) is 23.2 Å². The van der Waals surface area contributed by atoms with Crippen molar-refractivity contribution in [1.29, 1.82) is 5.26 Å². The predicted molar refractivity (Wildman–Crippen MR) is 63.9 cm³/mol. The van der Waals surface area contributed by atoms with Crippen molar-refractivity contribution in [2.45, 2.75) is 18.3 Å². The van der Waals surface area contributed by atoms with Crippen molar-refractivity contribution < 1.29 is 0 Å². The zero-order valence-corrected chi connectivity index (χ0v) is 10.1. The quantitative estimate of drug-likeness (QED) is 0.587.